The molecule has 0 saturated carbocycles. The minimum Gasteiger partial charge on any atom is -0.497 e. The van der Waals surface area contributed by atoms with Gasteiger partial charge in [0.2, 0.25) is 10.0 Å². The molecule has 8 heteroatoms. The van der Waals surface area contributed by atoms with Crippen LogP contribution in [-0.2, 0) is 27.9 Å². The van der Waals surface area contributed by atoms with Gasteiger partial charge in [0.1, 0.15) is 11.8 Å². The Morgan fingerprint density at radius 3 is 2.31 bits per heavy atom. The van der Waals surface area contributed by atoms with Gasteiger partial charge >= 0.3 is 5.97 Å². The molecule has 32 heavy (non-hydrogen) atoms. The van der Waals surface area contributed by atoms with Gasteiger partial charge < -0.3 is 14.7 Å². The van der Waals surface area contributed by atoms with Crippen molar-refractivity contribution in [2.45, 2.75) is 24.0 Å². The van der Waals surface area contributed by atoms with Crippen molar-refractivity contribution in [1.29, 1.82) is 0 Å². The summed E-state index contributed by atoms with van der Waals surface area (Å²) in [6, 6.07) is 21.9. The lowest BCUT2D eigenvalue weighted by Crippen LogP contribution is -2.49. The lowest BCUT2D eigenvalue weighted by atomic mass is 10.1. The smallest absolute Gasteiger partial charge is 0.323 e. The summed E-state index contributed by atoms with van der Waals surface area (Å²) in [7, 11) is -2.58. The van der Waals surface area contributed by atoms with E-state index in [1.165, 1.54) is 19.2 Å². The number of aliphatic carboxylic acids is 1. The number of hydrogen-bond acceptors (Lipinski definition) is 5. The molecule has 166 valence electrons. The van der Waals surface area contributed by atoms with Crippen LogP contribution in [0, 0.1) is 0 Å². The number of para-hydroxylation sites is 1. The number of benzene rings is 3. The maximum absolute atomic E-state index is 13.5. The summed E-state index contributed by atoms with van der Waals surface area (Å²) >= 11 is 0. The summed E-state index contributed by atoms with van der Waals surface area (Å²) in [5.41, 5.74) is 2.59. The molecule has 1 aliphatic rings. The van der Waals surface area contributed by atoms with Gasteiger partial charge in [0.05, 0.1) is 12.0 Å². The average Bonchev–Trinajstić information content (AvgIpc) is 2.98. The summed E-state index contributed by atoms with van der Waals surface area (Å²) in [6.45, 7) is 0.460. The number of nitrogens with zero attached hydrogens (tertiary/aromatic N) is 2. The summed E-state index contributed by atoms with van der Waals surface area (Å²) in [5.74, 6) is -0.665. The van der Waals surface area contributed by atoms with Crippen molar-refractivity contribution in [3.05, 3.63) is 90.0 Å². The van der Waals surface area contributed by atoms with Crippen LogP contribution in [0.25, 0.3) is 0 Å². The molecule has 0 fully saturated rings. The molecule has 0 aromatic heterocycles. The topological polar surface area (TPSA) is 87.2 Å². The highest BCUT2D eigenvalue weighted by atomic mass is 32.2. The highest BCUT2D eigenvalue weighted by Crippen LogP contribution is 2.32. The van der Waals surface area contributed by atoms with E-state index in [1.807, 2.05) is 59.5 Å². The number of rotatable bonds is 6. The molecule has 4 rings (SSSR count). The second-order valence-corrected chi connectivity index (χ2v) is 9.47. The number of anilines is 1. The van der Waals surface area contributed by atoms with Gasteiger partial charge in [-0.1, -0.05) is 48.5 Å². The highest BCUT2D eigenvalue weighted by molar-refractivity contribution is 7.89. The van der Waals surface area contributed by atoms with Gasteiger partial charge in [0.15, 0.2) is 0 Å². The van der Waals surface area contributed by atoms with E-state index < -0.39 is 22.0 Å². The first kappa shape index (κ1) is 21.9. The lowest BCUT2D eigenvalue weighted by Gasteiger charge is -2.29. The SMILES string of the molecule is COc1ccc(S(=O)(=O)N2Cc3ccccc3N(Cc3ccccc3)CC2C(=O)O)cc1. The predicted molar refractivity (Wildman–Crippen MR) is 121 cm³/mol. The number of carboxylic acid groups (broad SMARTS) is 1. The first-order valence-corrected chi connectivity index (χ1v) is 11.6. The minimum atomic E-state index is -4.07. The second kappa shape index (κ2) is 9.02. The van der Waals surface area contributed by atoms with Crippen molar-refractivity contribution in [3.8, 4) is 5.75 Å². The third-order valence-corrected chi connectivity index (χ3v) is 7.44. The van der Waals surface area contributed by atoms with Gasteiger partial charge in [0.25, 0.3) is 0 Å². The van der Waals surface area contributed by atoms with E-state index in [0.29, 0.717) is 12.3 Å². The van der Waals surface area contributed by atoms with E-state index in [4.69, 9.17) is 4.74 Å². The number of carbonyl (C=O) groups is 1. The van der Waals surface area contributed by atoms with Gasteiger partial charge in [-0.15, -0.1) is 0 Å². The number of ether oxygens (including phenoxy) is 1. The molecule has 3 aromatic carbocycles. The normalized spacial score (nSPS) is 16.8. The number of methoxy groups -OCH3 is 1. The molecule has 7 nitrogen and oxygen atoms in total. The van der Waals surface area contributed by atoms with Gasteiger partial charge in [-0.2, -0.15) is 4.31 Å². The maximum Gasteiger partial charge on any atom is 0.323 e. The van der Waals surface area contributed by atoms with Crippen molar-refractivity contribution in [1.82, 2.24) is 4.31 Å². The van der Waals surface area contributed by atoms with E-state index >= 15 is 0 Å². The Morgan fingerprint density at radius 1 is 1.00 bits per heavy atom. The van der Waals surface area contributed by atoms with Crippen molar-refractivity contribution in [2.75, 3.05) is 18.6 Å². The molecule has 1 unspecified atom stereocenters. The zero-order chi connectivity index (χ0) is 22.7. The fourth-order valence-corrected chi connectivity index (χ4v) is 5.47. The average molecular weight is 453 g/mol. The third-order valence-electron chi connectivity index (χ3n) is 5.57. The van der Waals surface area contributed by atoms with Gasteiger partial charge in [0, 0.05) is 25.3 Å². The van der Waals surface area contributed by atoms with Gasteiger partial charge in [-0.25, -0.2) is 8.42 Å². The van der Waals surface area contributed by atoms with E-state index in [1.54, 1.807) is 12.1 Å². The maximum atomic E-state index is 13.5. The molecule has 0 aliphatic carbocycles. The zero-order valence-electron chi connectivity index (χ0n) is 17.6. The molecule has 1 atom stereocenters. The van der Waals surface area contributed by atoms with Crippen LogP contribution in [-0.4, -0.2) is 43.5 Å². The van der Waals surface area contributed by atoms with Crippen LogP contribution in [0.15, 0.2) is 83.8 Å². The van der Waals surface area contributed by atoms with Crippen LogP contribution in [0.3, 0.4) is 0 Å². The van der Waals surface area contributed by atoms with Crippen LogP contribution in [0.1, 0.15) is 11.1 Å². The summed E-state index contributed by atoms with van der Waals surface area (Å²) in [5, 5.41) is 10.0. The first-order valence-electron chi connectivity index (χ1n) is 10.2. The number of hydrogen-bond donors (Lipinski definition) is 1. The zero-order valence-corrected chi connectivity index (χ0v) is 18.4. The Bertz CT molecular complexity index is 1200. The van der Waals surface area contributed by atoms with E-state index in [-0.39, 0.29) is 18.0 Å². The van der Waals surface area contributed by atoms with Crippen LogP contribution in [0.4, 0.5) is 5.69 Å². The number of sulfonamides is 1. The van der Waals surface area contributed by atoms with Gasteiger partial charge in [-0.05, 0) is 41.5 Å². The van der Waals surface area contributed by atoms with E-state index in [9.17, 15) is 18.3 Å². The van der Waals surface area contributed by atoms with Crippen molar-refractivity contribution >= 4 is 21.7 Å². The van der Waals surface area contributed by atoms with Crippen molar-refractivity contribution < 1.29 is 23.1 Å². The fraction of sp³-hybridized carbons (Fsp3) is 0.208. The summed E-state index contributed by atoms with van der Waals surface area (Å²) in [6.07, 6.45) is 0. The standard InChI is InChI=1S/C24H24N2O5S/c1-31-20-11-13-21(14-12-20)32(29,30)26-16-19-9-5-6-10-22(19)25(17-23(26)24(27)28)15-18-7-3-2-4-8-18/h2-14,23H,15-17H2,1H3,(H,27,28). The Labute approximate surface area is 187 Å². The molecule has 0 amide bonds. The molecule has 3 aromatic rings. The van der Waals surface area contributed by atoms with Crippen molar-refractivity contribution in [3.63, 3.8) is 0 Å². The molecular weight excluding hydrogens is 428 g/mol. The van der Waals surface area contributed by atoms with Crippen LogP contribution in [0.5, 0.6) is 5.75 Å². The van der Waals surface area contributed by atoms with Crippen LogP contribution >= 0.6 is 0 Å². The molecule has 1 N–H and O–H groups in total. The number of fused-ring (bicyclic) bond motifs is 1. The first-order chi connectivity index (χ1) is 15.4. The predicted octanol–water partition coefficient (Wildman–Crippen LogP) is 3.36. The highest BCUT2D eigenvalue weighted by Gasteiger charge is 2.40. The second-order valence-electron chi connectivity index (χ2n) is 7.57. The molecule has 0 bridgehead atoms. The third kappa shape index (κ3) is 4.32. The minimum absolute atomic E-state index is 0.0244. The van der Waals surface area contributed by atoms with Gasteiger partial charge in [-0.3, -0.25) is 4.79 Å². The molecule has 1 aliphatic heterocycles. The van der Waals surface area contributed by atoms with Crippen LogP contribution in [0.2, 0.25) is 0 Å². The molecule has 0 spiro atoms. The molecular formula is C24H24N2O5S. The molecule has 0 saturated heterocycles. The van der Waals surface area contributed by atoms with Crippen LogP contribution < -0.4 is 9.64 Å². The Balaban J connectivity index is 1.76. The quantitative estimate of drug-likeness (QED) is 0.617. The largest absolute Gasteiger partial charge is 0.497 e. The molecule has 1 heterocycles. The monoisotopic (exact) mass is 452 g/mol. The Kier molecular flexibility index (Phi) is 6.16. The Morgan fingerprint density at radius 2 is 1.66 bits per heavy atom. The fourth-order valence-electron chi connectivity index (χ4n) is 3.92. The number of carboxylic acids is 1. The van der Waals surface area contributed by atoms with E-state index in [0.717, 1.165) is 21.1 Å². The summed E-state index contributed by atoms with van der Waals surface area (Å²) < 4.78 is 33.3. The summed E-state index contributed by atoms with van der Waals surface area (Å²) in [4.78, 5) is 14.3. The Hall–Kier alpha value is -3.36. The van der Waals surface area contributed by atoms with Crippen molar-refractivity contribution in [2.24, 2.45) is 0 Å². The lowest BCUT2D eigenvalue weighted by molar-refractivity contribution is -0.141. The van der Waals surface area contributed by atoms with E-state index in [2.05, 4.69) is 0 Å². The molecule has 0 radical (unpaired) electrons.